The number of allylic oxidation sites excluding steroid dienone is 4. The summed E-state index contributed by atoms with van der Waals surface area (Å²) in [7, 11) is 0. The van der Waals surface area contributed by atoms with Gasteiger partial charge < -0.3 is 9.67 Å². The van der Waals surface area contributed by atoms with Gasteiger partial charge in [-0.15, -0.1) is 0 Å². The van der Waals surface area contributed by atoms with Crippen molar-refractivity contribution in [3.05, 3.63) is 88.4 Å². The molecular weight excluding hydrogens is 426 g/mol. The summed E-state index contributed by atoms with van der Waals surface area (Å²) in [4.78, 5) is 24.9. The molecule has 0 amide bonds. The van der Waals surface area contributed by atoms with E-state index in [9.17, 15) is 32.3 Å². The van der Waals surface area contributed by atoms with Gasteiger partial charge in [0.15, 0.2) is 5.78 Å². The number of benzene rings is 2. The van der Waals surface area contributed by atoms with Gasteiger partial charge in [-0.1, -0.05) is 36.4 Å². The molecule has 1 aliphatic carbocycles. The maximum atomic E-state index is 14.3. The first kappa shape index (κ1) is 21.5. The van der Waals surface area contributed by atoms with Crippen LogP contribution in [-0.2, 0) is 17.5 Å². The number of aromatic carboxylic acids is 1. The van der Waals surface area contributed by atoms with Crippen LogP contribution in [0.15, 0.2) is 54.6 Å². The van der Waals surface area contributed by atoms with Crippen molar-refractivity contribution in [3.63, 3.8) is 0 Å². The number of aryl methyl sites for hydroxylation is 1. The molecule has 0 aliphatic heterocycles. The second kappa shape index (κ2) is 7.78. The predicted octanol–water partition coefficient (Wildman–Crippen LogP) is 5.77. The van der Waals surface area contributed by atoms with Gasteiger partial charge in [-0.2, -0.15) is 13.2 Å². The number of carbonyl (C=O) groups excluding carboxylic acids is 1. The Balaban J connectivity index is 2.12. The molecule has 4 nitrogen and oxygen atoms in total. The highest BCUT2D eigenvalue weighted by atomic mass is 19.4. The molecule has 0 spiro atoms. The van der Waals surface area contributed by atoms with Crippen molar-refractivity contribution in [1.82, 2.24) is 4.57 Å². The van der Waals surface area contributed by atoms with E-state index in [-0.39, 0.29) is 57.6 Å². The normalized spacial score (nSPS) is 14.2. The number of nitrogens with zero attached hydrogens (tertiary/aromatic N) is 1. The van der Waals surface area contributed by atoms with Crippen molar-refractivity contribution in [1.29, 1.82) is 0 Å². The Morgan fingerprint density at radius 3 is 2.53 bits per heavy atom. The fraction of sp³-hybridized carbons (Fsp3) is 0.167. The van der Waals surface area contributed by atoms with Crippen LogP contribution >= 0.6 is 0 Å². The lowest BCUT2D eigenvalue weighted by Gasteiger charge is -2.13. The van der Waals surface area contributed by atoms with Gasteiger partial charge in [0, 0.05) is 28.5 Å². The monoisotopic (exact) mass is 443 g/mol. The molecule has 0 saturated heterocycles. The number of Topliss-reactive ketones (excluding diaryl/α,β-unsaturated/α-hetero) is 1. The number of rotatable bonds is 4. The van der Waals surface area contributed by atoms with Crippen LogP contribution < -0.4 is 0 Å². The average molecular weight is 443 g/mol. The molecule has 0 saturated carbocycles. The van der Waals surface area contributed by atoms with Crippen molar-refractivity contribution in [2.24, 2.45) is 0 Å². The molecule has 1 aliphatic rings. The minimum absolute atomic E-state index is 0.0370. The first-order chi connectivity index (χ1) is 15.1. The first-order valence-electron chi connectivity index (χ1n) is 9.70. The quantitative estimate of drug-likeness (QED) is 0.521. The molecule has 0 bridgehead atoms. The number of halogens is 4. The topological polar surface area (TPSA) is 59.3 Å². The number of carboxylic acid groups (broad SMARTS) is 1. The molecule has 4 rings (SSSR count). The van der Waals surface area contributed by atoms with E-state index < -0.39 is 23.5 Å². The lowest BCUT2D eigenvalue weighted by molar-refractivity contribution is -0.138. The molecule has 2 aromatic carbocycles. The van der Waals surface area contributed by atoms with Gasteiger partial charge in [-0.05, 0) is 30.7 Å². The van der Waals surface area contributed by atoms with Crippen molar-refractivity contribution in [2.75, 3.05) is 0 Å². The Bertz CT molecular complexity index is 1330. The summed E-state index contributed by atoms with van der Waals surface area (Å²) in [6.07, 6.45) is 0.0344. The predicted molar refractivity (Wildman–Crippen MR) is 111 cm³/mol. The summed E-state index contributed by atoms with van der Waals surface area (Å²) in [5.74, 6) is -2.40. The largest absolute Gasteiger partial charge is 0.477 e. The van der Waals surface area contributed by atoms with E-state index in [0.29, 0.717) is 0 Å². The maximum absolute atomic E-state index is 14.3. The zero-order valence-electron chi connectivity index (χ0n) is 16.8. The molecule has 0 fully saturated rings. The lowest BCUT2D eigenvalue weighted by atomic mass is 9.92. The highest BCUT2D eigenvalue weighted by molar-refractivity contribution is 6.27. The smallest absolute Gasteiger partial charge is 0.416 e. The van der Waals surface area contributed by atoms with Crippen LogP contribution in [0.1, 0.15) is 39.2 Å². The molecule has 1 N–H and O–H groups in total. The van der Waals surface area contributed by atoms with Gasteiger partial charge in [0.05, 0.1) is 17.6 Å². The summed E-state index contributed by atoms with van der Waals surface area (Å²) in [6.45, 7) is 0.958. The zero-order chi connectivity index (χ0) is 23.2. The van der Waals surface area contributed by atoms with Gasteiger partial charge in [-0.3, -0.25) is 4.79 Å². The van der Waals surface area contributed by atoms with Gasteiger partial charge in [0.25, 0.3) is 0 Å². The number of aromatic nitrogens is 1. The Kier molecular flexibility index (Phi) is 5.24. The van der Waals surface area contributed by atoms with Gasteiger partial charge in [0.1, 0.15) is 11.5 Å². The average Bonchev–Trinajstić information content (AvgIpc) is 3.02. The number of carboxylic acids is 1. The standard InChI is InChI=1S/C24H17F4NO3/c1-13-10-16-19(11-17(13)24(26,27)28)29(12-14-6-2-4-8-18(14)25)22(23(31)32)21(16)15-7-3-5-9-20(15)30/h2-8,10-11H,9,12H2,1H3,(H,31,32). The van der Waals surface area contributed by atoms with Crippen LogP contribution in [0.4, 0.5) is 17.6 Å². The van der Waals surface area contributed by atoms with Crippen LogP contribution in [0.25, 0.3) is 16.5 Å². The van der Waals surface area contributed by atoms with E-state index >= 15 is 0 Å². The van der Waals surface area contributed by atoms with Crippen LogP contribution in [0.3, 0.4) is 0 Å². The maximum Gasteiger partial charge on any atom is 0.416 e. The van der Waals surface area contributed by atoms with Gasteiger partial charge in [-0.25, -0.2) is 9.18 Å². The summed E-state index contributed by atoms with van der Waals surface area (Å²) >= 11 is 0. The number of hydrogen-bond acceptors (Lipinski definition) is 2. The highest BCUT2D eigenvalue weighted by Crippen LogP contribution is 2.40. The molecular formula is C24H17F4NO3. The van der Waals surface area contributed by atoms with E-state index in [1.807, 2.05) is 0 Å². The highest BCUT2D eigenvalue weighted by Gasteiger charge is 2.35. The minimum Gasteiger partial charge on any atom is -0.477 e. The molecule has 0 radical (unpaired) electrons. The van der Waals surface area contributed by atoms with Crippen LogP contribution in [0.5, 0.6) is 0 Å². The van der Waals surface area contributed by atoms with Crippen molar-refractivity contribution in [3.8, 4) is 0 Å². The Morgan fingerprint density at radius 1 is 1.19 bits per heavy atom. The molecule has 3 aromatic rings. The van der Waals surface area contributed by atoms with E-state index in [1.165, 1.54) is 37.3 Å². The van der Waals surface area contributed by atoms with Crippen molar-refractivity contribution >= 4 is 28.2 Å². The van der Waals surface area contributed by atoms with Crippen LogP contribution in [0, 0.1) is 12.7 Å². The lowest BCUT2D eigenvalue weighted by Crippen LogP contribution is -2.14. The SMILES string of the molecule is Cc1cc2c(C3=CC=CCC3=O)c(C(=O)O)n(Cc3ccccc3F)c2cc1C(F)(F)F. The third-order valence-electron chi connectivity index (χ3n) is 5.48. The van der Waals surface area contributed by atoms with E-state index in [1.54, 1.807) is 18.2 Å². The van der Waals surface area contributed by atoms with E-state index in [4.69, 9.17) is 0 Å². The summed E-state index contributed by atoms with van der Waals surface area (Å²) in [5, 5.41) is 10.2. The summed E-state index contributed by atoms with van der Waals surface area (Å²) in [6, 6.07) is 7.73. The van der Waals surface area contributed by atoms with E-state index in [0.717, 1.165) is 10.6 Å². The number of alkyl halides is 3. The summed E-state index contributed by atoms with van der Waals surface area (Å²) < 4.78 is 56.3. The van der Waals surface area contributed by atoms with Crippen LogP contribution in [-0.4, -0.2) is 21.4 Å². The Morgan fingerprint density at radius 2 is 1.91 bits per heavy atom. The minimum atomic E-state index is -4.67. The van der Waals surface area contributed by atoms with Gasteiger partial charge in [0.2, 0.25) is 0 Å². The molecule has 164 valence electrons. The molecule has 1 heterocycles. The number of ketones is 1. The Labute approximate surface area is 180 Å². The third-order valence-corrected chi connectivity index (χ3v) is 5.48. The number of fused-ring (bicyclic) bond motifs is 1. The molecule has 0 atom stereocenters. The third kappa shape index (κ3) is 3.62. The molecule has 0 unspecified atom stereocenters. The second-order valence-corrected chi connectivity index (χ2v) is 7.52. The van der Waals surface area contributed by atoms with Crippen molar-refractivity contribution < 1.29 is 32.3 Å². The summed E-state index contributed by atoms with van der Waals surface area (Å²) in [5.41, 5.74) is -1.19. The second-order valence-electron chi connectivity index (χ2n) is 7.52. The number of carbonyl (C=O) groups is 2. The zero-order valence-corrected chi connectivity index (χ0v) is 16.8. The first-order valence-corrected chi connectivity index (χ1v) is 9.70. The Hall–Kier alpha value is -3.68. The molecule has 32 heavy (non-hydrogen) atoms. The number of hydrogen-bond donors (Lipinski definition) is 1. The fourth-order valence-corrected chi connectivity index (χ4v) is 4.03. The molecule has 8 heteroatoms. The fourth-order valence-electron chi connectivity index (χ4n) is 4.03. The molecule has 1 aromatic heterocycles. The van der Waals surface area contributed by atoms with Gasteiger partial charge >= 0.3 is 12.1 Å². The van der Waals surface area contributed by atoms with E-state index in [2.05, 4.69) is 0 Å². The van der Waals surface area contributed by atoms with Crippen LogP contribution in [0.2, 0.25) is 0 Å². The van der Waals surface area contributed by atoms with Crippen molar-refractivity contribution in [2.45, 2.75) is 26.1 Å².